The number of piperidine rings is 1. The normalized spacial score (nSPS) is 15.2. The Morgan fingerprint density at radius 3 is 2.53 bits per heavy atom. The summed E-state index contributed by atoms with van der Waals surface area (Å²) in [5.41, 5.74) is 3.25. The number of halogens is 1. The SMILES string of the molecule is Cc1cccnc1CNC(=O)c1ccc(Cl)c(S(=O)(=O)N2CCC(Cc3ccccc3)CC2)c1. The summed E-state index contributed by atoms with van der Waals surface area (Å²) in [6, 6.07) is 18.4. The van der Waals surface area contributed by atoms with Gasteiger partial charge in [0.2, 0.25) is 10.0 Å². The van der Waals surface area contributed by atoms with Gasteiger partial charge in [0.25, 0.3) is 5.91 Å². The molecule has 0 saturated carbocycles. The maximum Gasteiger partial charge on any atom is 0.251 e. The molecule has 3 aromatic rings. The van der Waals surface area contributed by atoms with Crippen molar-refractivity contribution in [2.45, 2.75) is 37.6 Å². The van der Waals surface area contributed by atoms with E-state index in [1.54, 1.807) is 6.20 Å². The van der Waals surface area contributed by atoms with Crippen LogP contribution >= 0.6 is 11.6 Å². The molecular weight excluding hydrogens is 470 g/mol. The third-order valence-corrected chi connectivity index (χ3v) is 8.67. The summed E-state index contributed by atoms with van der Waals surface area (Å²) in [6.07, 6.45) is 4.19. The van der Waals surface area contributed by atoms with Crippen molar-refractivity contribution in [1.29, 1.82) is 0 Å². The zero-order valence-electron chi connectivity index (χ0n) is 19.1. The number of carbonyl (C=O) groups excluding carboxylic acids is 1. The number of sulfonamides is 1. The highest BCUT2D eigenvalue weighted by molar-refractivity contribution is 7.89. The van der Waals surface area contributed by atoms with E-state index in [0.717, 1.165) is 30.5 Å². The lowest BCUT2D eigenvalue weighted by atomic mass is 9.91. The Hall–Kier alpha value is -2.74. The van der Waals surface area contributed by atoms with E-state index in [2.05, 4.69) is 22.4 Å². The Labute approximate surface area is 206 Å². The smallest absolute Gasteiger partial charge is 0.251 e. The van der Waals surface area contributed by atoms with Gasteiger partial charge in [-0.25, -0.2) is 8.42 Å². The maximum atomic E-state index is 13.4. The topological polar surface area (TPSA) is 79.4 Å². The molecule has 8 heteroatoms. The second-order valence-electron chi connectivity index (χ2n) is 8.63. The van der Waals surface area contributed by atoms with Gasteiger partial charge in [0, 0.05) is 24.8 Å². The lowest BCUT2D eigenvalue weighted by Crippen LogP contribution is -2.39. The first-order valence-corrected chi connectivity index (χ1v) is 13.2. The van der Waals surface area contributed by atoms with Crippen LogP contribution in [0.2, 0.25) is 5.02 Å². The van der Waals surface area contributed by atoms with Gasteiger partial charge in [-0.15, -0.1) is 0 Å². The van der Waals surface area contributed by atoms with Crippen molar-refractivity contribution in [3.8, 4) is 0 Å². The van der Waals surface area contributed by atoms with Gasteiger partial charge in [0.05, 0.1) is 17.3 Å². The van der Waals surface area contributed by atoms with E-state index in [1.807, 2.05) is 37.3 Å². The number of pyridine rings is 1. The predicted molar refractivity (Wildman–Crippen MR) is 133 cm³/mol. The number of benzene rings is 2. The second-order valence-corrected chi connectivity index (χ2v) is 10.9. The van der Waals surface area contributed by atoms with Crippen LogP contribution in [0.1, 0.15) is 40.0 Å². The third kappa shape index (κ3) is 5.66. The fraction of sp³-hybridized carbons (Fsp3) is 0.308. The minimum Gasteiger partial charge on any atom is -0.346 e. The van der Waals surface area contributed by atoms with E-state index in [4.69, 9.17) is 11.6 Å². The highest BCUT2D eigenvalue weighted by Crippen LogP contribution is 2.30. The van der Waals surface area contributed by atoms with Crippen LogP contribution in [-0.4, -0.2) is 36.7 Å². The minimum atomic E-state index is -3.81. The molecule has 34 heavy (non-hydrogen) atoms. The number of aryl methyl sites for hydroxylation is 1. The zero-order valence-corrected chi connectivity index (χ0v) is 20.6. The molecule has 1 N–H and O–H groups in total. The molecule has 1 amide bonds. The average molecular weight is 498 g/mol. The molecule has 0 bridgehead atoms. The summed E-state index contributed by atoms with van der Waals surface area (Å²) in [5.74, 6) is 0.0659. The molecule has 1 aliphatic heterocycles. The van der Waals surface area contributed by atoms with E-state index < -0.39 is 10.0 Å². The zero-order chi connectivity index (χ0) is 24.1. The quantitative estimate of drug-likeness (QED) is 0.516. The van der Waals surface area contributed by atoms with Crippen molar-refractivity contribution < 1.29 is 13.2 Å². The van der Waals surface area contributed by atoms with Gasteiger partial charge in [0.15, 0.2) is 0 Å². The van der Waals surface area contributed by atoms with Crippen LogP contribution < -0.4 is 5.32 Å². The van der Waals surface area contributed by atoms with Gasteiger partial charge < -0.3 is 5.32 Å². The average Bonchev–Trinajstić information content (AvgIpc) is 2.84. The Balaban J connectivity index is 1.43. The largest absolute Gasteiger partial charge is 0.346 e. The van der Waals surface area contributed by atoms with Gasteiger partial charge in [0.1, 0.15) is 4.90 Å². The maximum absolute atomic E-state index is 13.4. The summed E-state index contributed by atoms with van der Waals surface area (Å²) < 4.78 is 28.2. The third-order valence-electron chi connectivity index (χ3n) is 6.29. The number of hydrogen-bond acceptors (Lipinski definition) is 4. The molecule has 2 heterocycles. The molecule has 1 saturated heterocycles. The number of carbonyl (C=O) groups is 1. The Bertz CT molecular complexity index is 1260. The van der Waals surface area contributed by atoms with Crippen LogP contribution in [0.25, 0.3) is 0 Å². The van der Waals surface area contributed by atoms with Crippen LogP contribution in [0.3, 0.4) is 0 Å². The Morgan fingerprint density at radius 2 is 1.82 bits per heavy atom. The Morgan fingerprint density at radius 1 is 1.09 bits per heavy atom. The number of rotatable bonds is 7. The number of aromatic nitrogens is 1. The van der Waals surface area contributed by atoms with Gasteiger partial charge in [-0.2, -0.15) is 4.31 Å². The molecule has 1 fully saturated rings. The fourth-order valence-corrected chi connectivity index (χ4v) is 6.22. The van der Waals surface area contributed by atoms with Crippen LogP contribution in [0.15, 0.2) is 71.8 Å². The number of hydrogen-bond donors (Lipinski definition) is 1. The molecule has 2 aromatic carbocycles. The molecular formula is C26H28ClN3O3S. The summed E-state index contributed by atoms with van der Waals surface area (Å²) in [5, 5.41) is 2.92. The van der Waals surface area contributed by atoms with Crippen molar-refractivity contribution in [1.82, 2.24) is 14.6 Å². The van der Waals surface area contributed by atoms with E-state index in [9.17, 15) is 13.2 Å². The first-order valence-electron chi connectivity index (χ1n) is 11.4. The molecule has 0 atom stereocenters. The van der Waals surface area contributed by atoms with Crippen molar-refractivity contribution in [3.05, 3.63) is 94.3 Å². The Kier molecular flexibility index (Phi) is 7.66. The summed E-state index contributed by atoms with van der Waals surface area (Å²) in [6.45, 7) is 3.05. The van der Waals surface area contributed by atoms with E-state index in [0.29, 0.717) is 19.0 Å². The fourth-order valence-electron chi connectivity index (χ4n) is 4.25. The summed E-state index contributed by atoms with van der Waals surface area (Å²) >= 11 is 6.29. The van der Waals surface area contributed by atoms with Crippen LogP contribution in [0.5, 0.6) is 0 Å². The minimum absolute atomic E-state index is 0.0302. The van der Waals surface area contributed by atoms with E-state index in [1.165, 1.54) is 28.1 Å². The highest BCUT2D eigenvalue weighted by Gasteiger charge is 2.31. The predicted octanol–water partition coefficient (Wildman–Crippen LogP) is 4.62. The van der Waals surface area contributed by atoms with Crippen LogP contribution in [0, 0.1) is 12.8 Å². The first kappa shape index (κ1) is 24.4. The van der Waals surface area contributed by atoms with Crippen molar-refractivity contribution in [3.63, 3.8) is 0 Å². The molecule has 6 nitrogen and oxygen atoms in total. The highest BCUT2D eigenvalue weighted by atomic mass is 35.5. The first-order chi connectivity index (χ1) is 16.3. The molecule has 4 rings (SSSR count). The van der Waals surface area contributed by atoms with E-state index in [-0.39, 0.29) is 27.9 Å². The van der Waals surface area contributed by atoms with Gasteiger partial charge >= 0.3 is 0 Å². The molecule has 1 aliphatic rings. The van der Waals surface area contributed by atoms with Crippen LogP contribution in [-0.2, 0) is 23.0 Å². The van der Waals surface area contributed by atoms with Crippen LogP contribution in [0.4, 0.5) is 0 Å². The number of amides is 1. The molecule has 0 unspecified atom stereocenters. The summed E-state index contributed by atoms with van der Waals surface area (Å²) in [4.78, 5) is 17.0. The monoisotopic (exact) mass is 497 g/mol. The lowest BCUT2D eigenvalue weighted by molar-refractivity contribution is 0.0950. The molecule has 0 radical (unpaired) electrons. The summed E-state index contributed by atoms with van der Waals surface area (Å²) in [7, 11) is -3.81. The van der Waals surface area contributed by atoms with Crippen molar-refractivity contribution in [2.24, 2.45) is 5.92 Å². The van der Waals surface area contributed by atoms with E-state index >= 15 is 0 Å². The molecule has 178 valence electrons. The second kappa shape index (κ2) is 10.7. The molecule has 0 spiro atoms. The van der Waals surface area contributed by atoms with Gasteiger partial charge in [-0.05, 0) is 67.5 Å². The number of nitrogens with one attached hydrogen (secondary N) is 1. The molecule has 1 aromatic heterocycles. The van der Waals surface area contributed by atoms with Gasteiger partial charge in [-0.3, -0.25) is 9.78 Å². The van der Waals surface area contributed by atoms with Gasteiger partial charge in [-0.1, -0.05) is 48.0 Å². The number of nitrogens with zero attached hydrogens (tertiary/aromatic N) is 2. The lowest BCUT2D eigenvalue weighted by Gasteiger charge is -2.31. The van der Waals surface area contributed by atoms with Crippen molar-refractivity contribution in [2.75, 3.05) is 13.1 Å². The van der Waals surface area contributed by atoms with Crippen molar-refractivity contribution >= 4 is 27.5 Å². The molecule has 0 aliphatic carbocycles. The standard InChI is InChI=1S/C26H28ClN3O3S/c1-19-6-5-13-28-24(19)18-29-26(31)22-9-10-23(27)25(17-22)34(32,33)30-14-11-21(12-15-30)16-20-7-3-2-4-8-20/h2-10,13,17,21H,11-12,14-16,18H2,1H3,(H,29,31).